The summed E-state index contributed by atoms with van der Waals surface area (Å²) in [5.41, 5.74) is 0. The summed E-state index contributed by atoms with van der Waals surface area (Å²) in [5, 5.41) is 23.1. The van der Waals surface area contributed by atoms with Gasteiger partial charge in [0.05, 0.1) is 25.4 Å². The van der Waals surface area contributed by atoms with Crippen LogP contribution in [0.1, 0.15) is 322 Å². The lowest BCUT2D eigenvalue weighted by atomic mass is 10.0. The minimum Gasteiger partial charge on any atom is -0.466 e. The predicted octanol–water partition coefficient (Wildman–Crippen LogP) is 17.1. The second-order valence-corrected chi connectivity index (χ2v) is 19.6. The third kappa shape index (κ3) is 48.3. The Morgan fingerprint density at radius 3 is 0.984 bits per heavy atom. The summed E-state index contributed by atoms with van der Waals surface area (Å²) in [5.74, 6) is -0.0271. The molecule has 3 N–H and O–H groups in total. The molecule has 0 aliphatic rings. The average Bonchev–Trinajstić information content (AvgIpc) is 3.27. The van der Waals surface area contributed by atoms with Crippen LogP contribution in [0.25, 0.3) is 0 Å². The molecule has 0 saturated heterocycles. The van der Waals surface area contributed by atoms with E-state index in [1.54, 1.807) is 0 Å². The van der Waals surface area contributed by atoms with Crippen LogP contribution in [0.4, 0.5) is 0 Å². The van der Waals surface area contributed by atoms with Crippen molar-refractivity contribution in [2.24, 2.45) is 0 Å². The van der Waals surface area contributed by atoms with Gasteiger partial charge in [-0.2, -0.15) is 0 Å². The molecule has 1 amide bonds. The van der Waals surface area contributed by atoms with Crippen LogP contribution in [0.2, 0.25) is 0 Å². The van der Waals surface area contributed by atoms with Gasteiger partial charge >= 0.3 is 5.97 Å². The number of ether oxygens (including phenoxy) is 1. The zero-order chi connectivity index (χ0) is 45.1. The smallest absolute Gasteiger partial charge is 0.305 e. The molecule has 6 nitrogen and oxygen atoms in total. The first-order chi connectivity index (χ1) is 30.5. The molecule has 62 heavy (non-hydrogen) atoms. The highest BCUT2D eigenvalue weighted by atomic mass is 16.5. The number of esters is 1. The predicted molar refractivity (Wildman–Crippen MR) is 269 cm³/mol. The minimum absolute atomic E-state index is 0.0118. The van der Waals surface area contributed by atoms with Crippen LogP contribution in [-0.2, 0) is 14.3 Å². The first-order valence-corrected chi connectivity index (χ1v) is 28.3. The Morgan fingerprint density at radius 1 is 0.387 bits per heavy atom. The number of aliphatic hydroxyl groups is 2. The van der Waals surface area contributed by atoms with E-state index in [0.29, 0.717) is 25.9 Å². The van der Waals surface area contributed by atoms with Gasteiger partial charge < -0.3 is 20.3 Å². The van der Waals surface area contributed by atoms with Crippen LogP contribution in [0, 0.1) is 0 Å². The number of hydrogen-bond donors (Lipinski definition) is 3. The quantitative estimate of drug-likeness (QED) is 0.0418. The number of unbranched alkanes of at least 4 members (excludes halogenated alkanes) is 42. The van der Waals surface area contributed by atoms with Crippen molar-refractivity contribution in [2.45, 2.75) is 334 Å². The third-order valence-corrected chi connectivity index (χ3v) is 13.4. The fourth-order valence-corrected chi connectivity index (χ4v) is 9.05. The normalized spacial score (nSPS) is 12.5. The highest BCUT2D eigenvalue weighted by molar-refractivity contribution is 5.76. The molecule has 2 atom stereocenters. The maximum Gasteiger partial charge on any atom is 0.305 e. The van der Waals surface area contributed by atoms with Gasteiger partial charge in [0.2, 0.25) is 5.91 Å². The molecule has 370 valence electrons. The van der Waals surface area contributed by atoms with Crippen molar-refractivity contribution in [2.75, 3.05) is 13.2 Å². The zero-order valence-electron chi connectivity index (χ0n) is 42.1. The van der Waals surface area contributed by atoms with E-state index in [1.807, 2.05) is 0 Å². The Labute approximate surface area is 387 Å². The number of carbonyl (C=O) groups excluding carboxylic acids is 2. The molecule has 0 aromatic rings. The Morgan fingerprint density at radius 2 is 0.661 bits per heavy atom. The van der Waals surface area contributed by atoms with Crippen molar-refractivity contribution in [1.29, 1.82) is 0 Å². The van der Waals surface area contributed by atoms with E-state index in [0.717, 1.165) is 38.5 Å². The molecule has 0 spiro atoms. The molecule has 6 heteroatoms. The lowest BCUT2D eigenvalue weighted by Crippen LogP contribution is -2.45. The minimum atomic E-state index is -0.663. The summed E-state index contributed by atoms with van der Waals surface area (Å²) < 4.78 is 5.49. The van der Waals surface area contributed by atoms with Gasteiger partial charge in [-0.05, 0) is 25.7 Å². The lowest BCUT2D eigenvalue weighted by molar-refractivity contribution is -0.143. The molecular formula is C56H111NO5. The summed E-state index contributed by atoms with van der Waals surface area (Å²) in [4.78, 5) is 24.5. The van der Waals surface area contributed by atoms with E-state index in [1.165, 1.54) is 250 Å². The fraction of sp³-hybridized carbons (Fsp3) is 0.964. The number of carbonyl (C=O) groups is 2. The van der Waals surface area contributed by atoms with E-state index in [2.05, 4.69) is 19.2 Å². The largest absolute Gasteiger partial charge is 0.466 e. The molecule has 0 aromatic carbocycles. The molecular weight excluding hydrogens is 767 g/mol. The molecule has 0 aromatic heterocycles. The summed E-state index contributed by atoms with van der Waals surface area (Å²) in [7, 11) is 0. The maximum atomic E-state index is 12.4. The first kappa shape index (κ1) is 60.9. The van der Waals surface area contributed by atoms with Gasteiger partial charge in [-0.25, -0.2) is 0 Å². The van der Waals surface area contributed by atoms with Crippen molar-refractivity contribution >= 4 is 11.9 Å². The first-order valence-electron chi connectivity index (χ1n) is 28.3. The molecule has 0 heterocycles. The van der Waals surface area contributed by atoms with Crippen molar-refractivity contribution < 1.29 is 24.5 Å². The van der Waals surface area contributed by atoms with Crippen LogP contribution < -0.4 is 5.32 Å². The standard InChI is InChI=1S/C56H111NO5/c1-3-5-7-9-11-13-15-16-17-20-24-27-30-34-38-42-46-50-56(61)62-51-47-43-39-35-31-28-25-22-19-18-21-23-26-29-33-37-41-45-49-55(60)57-53(52-58)54(59)48-44-40-36-32-14-12-10-8-6-4-2/h53-54,58-59H,3-52H2,1-2H3,(H,57,60). The molecule has 0 rings (SSSR count). The van der Waals surface area contributed by atoms with Gasteiger partial charge in [0, 0.05) is 12.8 Å². The summed E-state index contributed by atoms with van der Waals surface area (Å²) in [6.07, 6.45) is 59.5. The molecule has 0 saturated carbocycles. The number of amides is 1. The molecule has 0 bridgehead atoms. The Hall–Kier alpha value is -1.14. The van der Waals surface area contributed by atoms with Crippen molar-refractivity contribution in [1.82, 2.24) is 5.32 Å². The second kappa shape index (κ2) is 52.5. The van der Waals surface area contributed by atoms with Gasteiger partial charge in [0.15, 0.2) is 0 Å². The number of rotatable bonds is 53. The lowest BCUT2D eigenvalue weighted by Gasteiger charge is -2.22. The highest BCUT2D eigenvalue weighted by Crippen LogP contribution is 2.18. The summed E-state index contributed by atoms with van der Waals surface area (Å²) >= 11 is 0. The van der Waals surface area contributed by atoms with Gasteiger partial charge in [-0.1, -0.05) is 284 Å². The van der Waals surface area contributed by atoms with Gasteiger partial charge in [-0.3, -0.25) is 9.59 Å². The third-order valence-electron chi connectivity index (χ3n) is 13.4. The molecule has 0 aliphatic carbocycles. The van der Waals surface area contributed by atoms with Crippen LogP contribution in [0.5, 0.6) is 0 Å². The van der Waals surface area contributed by atoms with E-state index in [4.69, 9.17) is 4.74 Å². The van der Waals surface area contributed by atoms with E-state index < -0.39 is 12.1 Å². The van der Waals surface area contributed by atoms with E-state index >= 15 is 0 Å². The highest BCUT2D eigenvalue weighted by Gasteiger charge is 2.20. The van der Waals surface area contributed by atoms with Gasteiger partial charge in [0.1, 0.15) is 0 Å². The molecule has 0 radical (unpaired) electrons. The van der Waals surface area contributed by atoms with Crippen molar-refractivity contribution in [3.63, 3.8) is 0 Å². The second-order valence-electron chi connectivity index (χ2n) is 19.6. The van der Waals surface area contributed by atoms with Crippen molar-refractivity contribution in [3.8, 4) is 0 Å². The Kier molecular flexibility index (Phi) is 51.5. The molecule has 0 fully saturated rings. The number of aliphatic hydroxyl groups excluding tert-OH is 2. The number of nitrogens with one attached hydrogen (secondary N) is 1. The fourth-order valence-electron chi connectivity index (χ4n) is 9.05. The number of hydrogen-bond acceptors (Lipinski definition) is 5. The van der Waals surface area contributed by atoms with Crippen LogP contribution in [0.15, 0.2) is 0 Å². The van der Waals surface area contributed by atoms with Crippen LogP contribution in [0.3, 0.4) is 0 Å². The molecule has 0 aliphatic heterocycles. The van der Waals surface area contributed by atoms with Crippen LogP contribution in [-0.4, -0.2) is 47.4 Å². The monoisotopic (exact) mass is 878 g/mol. The van der Waals surface area contributed by atoms with Gasteiger partial charge in [-0.15, -0.1) is 0 Å². The Balaban J connectivity index is 3.35. The zero-order valence-corrected chi connectivity index (χ0v) is 42.1. The summed E-state index contributed by atoms with van der Waals surface area (Å²) in [6, 6.07) is -0.541. The molecule has 2 unspecified atom stereocenters. The van der Waals surface area contributed by atoms with E-state index in [9.17, 15) is 19.8 Å². The SMILES string of the molecule is CCCCCCCCCCCCCCCCCCCC(=O)OCCCCCCCCCCCCCCCCCCCCC(=O)NC(CO)C(O)CCCCCCCCCCCC. The summed E-state index contributed by atoms with van der Waals surface area (Å²) in [6.45, 7) is 4.95. The topological polar surface area (TPSA) is 95.9 Å². The van der Waals surface area contributed by atoms with Gasteiger partial charge in [0.25, 0.3) is 0 Å². The average molecular weight is 879 g/mol. The Bertz CT molecular complexity index is 882. The maximum absolute atomic E-state index is 12.4. The van der Waals surface area contributed by atoms with Crippen molar-refractivity contribution in [3.05, 3.63) is 0 Å². The van der Waals surface area contributed by atoms with Crippen LogP contribution >= 0.6 is 0 Å². The van der Waals surface area contributed by atoms with E-state index in [-0.39, 0.29) is 18.5 Å².